The Balaban J connectivity index is 2.68. The standard InChI is InChI=1S/C10H11BrN2O3/c1-2-3-7(10(15)16)13-9(14)8-4-6(11)5-12-8/h2,4-5,7,12H,1,3H2,(H,13,14)(H,15,16). The zero-order chi connectivity index (χ0) is 12.1. The molecule has 0 bridgehead atoms. The van der Waals surface area contributed by atoms with Crippen LogP contribution in [0.3, 0.4) is 0 Å². The molecule has 16 heavy (non-hydrogen) atoms. The van der Waals surface area contributed by atoms with Gasteiger partial charge in [0, 0.05) is 10.7 Å². The molecule has 1 amide bonds. The normalized spacial score (nSPS) is 11.8. The number of aromatic amines is 1. The lowest BCUT2D eigenvalue weighted by Crippen LogP contribution is -2.40. The molecule has 86 valence electrons. The second kappa shape index (κ2) is 5.50. The smallest absolute Gasteiger partial charge is 0.326 e. The molecule has 0 radical (unpaired) electrons. The maximum absolute atomic E-state index is 11.6. The van der Waals surface area contributed by atoms with Gasteiger partial charge >= 0.3 is 5.97 Å². The van der Waals surface area contributed by atoms with Gasteiger partial charge < -0.3 is 15.4 Å². The first-order valence-corrected chi connectivity index (χ1v) is 5.32. The third-order valence-electron chi connectivity index (χ3n) is 1.90. The van der Waals surface area contributed by atoms with Gasteiger partial charge in [-0.1, -0.05) is 6.08 Å². The number of H-pyrrole nitrogens is 1. The second-order valence-electron chi connectivity index (χ2n) is 3.12. The predicted molar refractivity (Wildman–Crippen MR) is 62.2 cm³/mol. The molecule has 0 saturated carbocycles. The molecule has 0 spiro atoms. The number of nitrogens with one attached hydrogen (secondary N) is 2. The largest absolute Gasteiger partial charge is 0.480 e. The molecule has 0 aromatic carbocycles. The maximum Gasteiger partial charge on any atom is 0.326 e. The van der Waals surface area contributed by atoms with Crippen molar-refractivity contribution in [2.24, 2.45) is 0 Å². The average molecular weight is 287 g/mol. The quantitative estimate of drug-likeness (QED) is 0.718. The van der Waals surface area contributed by atoms with Gasteiger partial charge in [-0.05, 0) is 28.4 Å². The van der Waals surface area contributed by atoms with E-state index < -0.39 is 17.9 Å². The van der Waals surface area contributed by atoms with Crippen molar-refractivity contribution in [3.8, 4) is 0 Å². The summed E-state index contributed by atoms with van der Waals surface area (Å²) in [7, 11) is 0. The molecule has 0 aliphatic heterocycles. The number of hydrogen-bond donors (Lipinski definition) is 3. The Bertz CT molecular complexity index is 414. The van der Waals surface area contributed by atoms with Gasteiger partial charge in [0.1, 0.15) is 11.7 Å². The van der Waals surface area contributed by atoms with E-state index in [1.807, 2.05) is 0 Å². The summed E-state index contributed by atoms with van der Waals surface area (Å²) < 4.78 is 0.730. The molecule has 6 heteroatoms. The molecule has 1 rings (SSSR count). The second-order valence-corrected chi connectivity index (χ2v) is 4.04. The summed E-state index contributed by atoms with van der Waals surface area (Å²) in [5.41, 5.74) is 0.308. The SMILES string of the molecule is C=CCC(NC(=O)c1cc(Br)c[nH]1)C(=O)O. The molecular weight excluding hydrogens is 276 g/mol. The third-order valence-corrected chi connectivity index (χ3v) is 2.36. The Hall–Kier alpha value is -1.56. The molecule has 1 atom stereocenters. The number of hydrogen-bond acceptors (Lipinski definition) is 2. The summed E-state index contributed by atoms with van der Waals surface area (Å²) in [4.78, 5) is 25.1. The minimum Gasteiger partial charge on any atom is -0.480 e. The first kappa shape index (κ1) is 12.5. The van der Waals surface area contributed by atoms with Gasteiger partial charge in [-0.15, -0.1) is 6.58 Å². The Morgan fingerprint density at radius 1 is 1.69 bits per heavy atom. The first-order chi connectivity index (χ1) is 7.54. The van der Waals surface area contributed by atoms with E-state index >= 15 is 0 Å². The van der Waals surface area contributed by atoms with Gasteiger partial charge in [-0.2, -0.15) is 0 Å². The number of halogens is 1. The van der Waals surface area contributed by atoms with Crippen molar-refractivity contribution in [2.45, 2.75) is 12.5 Å². The maximum atomic E-state index is 11.6. The van der Waals surface area contributed by atoms with Gasteiger partial charge in [-0.25, -0.2) is 4.79 Å². The van der Waals surface area contributed by atoms with Crippen LogP contribution in [-0.2, 0) is 4.79 Å². The van der Waals surface area contributed by atoms with Crippen LogP contribution in [0.1, 0.15) is 16.9 Å². The van der Waals surface area contributed by atoms with Crippen LogP contribution < -0.4 is 5.32 Å². The summed E-state index contributed by atoms with van der Waals surface area (Å²) >= 11 is 3.18. The molecule has 1 unspecified atom stereocenters. The van der Waals surface area contributed by atoms with Crippen molar-refractivity contribution in [3.05, 3.63) is 35.1 Å². The van der Waals surface area contributed by atoms with Crippen LogP contribution >= 0.6 is 15.9 Å². The molecule has 1 aromatic rings. The first-order valence-electron chi connectivity index (χ1n) is 4.53. The van der Waals surface area contributed by atoms with Crippen LogP contribution in [0.2, 0.25) is 0 Å². The Labute approximate surface area is 101 Å². The molecule has 1 heterocycles. The summed E-state index contributed by atoms with van der Waals surface area (Å²) in [6.07, 6.45) is 3.23. The lowest BCUT2D eigenvalue weighted by molar-refractivity contribution is -0.139. The molecule has 3 N–H and O–H groups in total. The number of aromatic nitrogens is 1. The zero-order valence-electron chi connectivity index (χ0n) is 8.37. The summed E-state index contributed by atoms with van der Waals surface area (Å²) in [6.45, 7) is 3.44. The van der Waals surface area contributed by atoms with Gasteiger partial charge in [-0.3, -0.25) is 4.79 Å². The van der Waals surface area contributed by atoms with E-state index in [0.717, 1.165) is 4.47 Å². The number of carboxylic acids is 1. The van der Waals surface area contributed by atoms with E-state index in [4.69, 9.17) is 5.11 Å². The van der Waals surface area contributed by atoms with Gasteiger partial charge in [0.05, 0.1) is 0 Å². The highest BCUT2D eigenvalue weighted by molar-refractivity contribution is 9.10. The zero-order valence-corrected chi connectivity index (χ0v) is 9.95. The number of aliphatic carboxylic acids is 1. The number of amides is 1. The van der Waals surface area contributed by atoms with Gasteiger partial charge in [0.15, 0.2) is 0 Å². The lowest BCUT2D eigenvalue weighted by Gasteiger charge is -2.11. The molecular formula is C10H11BrN2O3. The Morgan fingerprint density at radius 2 is 2.38 bits per heavy atom. The highest BCUT2D eigenvalue weighted by Gasteiger charge is 2.19. The van der Waals surface area contributed by atoms with Gasteiger partial charge in [0.2, 0.25) is 0 Å². The molecule has 5 nitrogen and oxygen atoms in total. The summed E-state index contributed by atoms with van der Waals surface area (Å²) in [5.74, 6) is -1.54. The minimum absolute atomic E-state index is 0.183. The molecule has 0 aliphatic carbocycles. The van der Waals surface area contributed by atoms with Crippen molar-refractivity contribution < 1.29 is 14.7 Å². The summed E-state index contributed by atoms with van der Waals surface area (Å²) in [5, 5.41) is 11.2. The van der Waals surface area contributed by atoms with Crippen molar-refractivity contribution in [3.63, 3.8) is 0 Å². The van der Waals surface area contributed by atoms with Crippen LogP contribution in [0.25, 0.3) is 0 Å². The van der Waals surface area contributed by atoms with E-state index in [2.05, 4.69) is 32.8 Å². The predicted octanol–water partition coefficient (Wildman–Crippen LogP) is 1.54. The highest BCUT2D eigenvalue weighted by atomic mass is 79.9. The number of carbonyl (C=O) groups excluding carboxylic acids is 1. The molecule has 0 saturated heterocycles. The highest BCUT2D eigenvalue weighted by Crippen LogP contribution is 2.10. The van der Waals surface area contributed by atoms with Crippen LogP contribution in [0.5, 0.6) is 0 Å². The minimum atomic E-state index is -1.08. The topological polar surface area (TPSA) is 82.2 Å². The van der Waals surface area contributed by atoms with Crippen molar-refractivity contribution >= 4 is 27.8 Å². The monoisotopic (exact) mass is 286 g/mol. The van der Waals surface area contributed by atoms with E-state index in [9.17, 15) is 9.59 Å². The van der Waals surface area contributed by atoms with E-state index in [1.54, 1.807) is 12.3 Å². The average Bonchev–Trinajstić information content (AvgIpc) is 2.64. The van der Waals surface area contributed by atoms with Crippen molar-refractivity contribution in [2.75, 3.05) is 0 Å². The van der Waals surface area contributed by atoms with Gasteiger partial charge in [0.25, 0.3) is 5.91 Å². The van der Waals surface area contributed by atoms with Crippen molar-refractivity contribution in [1.29, 1.82) is 0 Å². The third kappa shape index (κ3) is 3.23. The number of carboxylic acid groups (broad SMARTS) is 1. The van der Waals surface area contributed by atoms with Crippen LogP contribution in [0.4, 0.5) is 0 Å². The fraction of sp³-hybridized carbons (Fsp3) is 0.200. The molecule has 0 aliphatic rings. The summed E-state index contributed by atoms with van der Waals surface area (Å²) in [6, 6.07) is 0.620. The fourth-order valence-electron chi connectivity index (χ4n) is 1.12. The number of carbonyl (C=O) groups is 2. The molecule has 0 fully saturated rings. The fourth-order valence-corrected chi connectivity index (χ4v) is 1.47. The van der Waals surface area contributed by atoms with E-state index in [-0.39, 0.29) is 6.42 Å². The Kier molecular flexibility index (Phi) is 4.30. The Morgan fingerprint density at radius 3 is 2.81 bits per heavy atom. The van der Waals surface area contributed by atoms with E-state index in [0.29, 0.717) is 5.69 Å². The van der Waals surface area contributed by atoms with E-state index in [1.165, 1.54) is 6.08 Å². The van der Waals surface area contributed by atoms with Crippen LogP contribution in [0.15, 0.2) is 29.4 Å². The van der Waals surface area contributed by atoms with Crippen LogP contribution in [-0.4, -0.2) is 28.0 Å². The lowest BCUT2D eigenvalue weighted by atomic mass is 10.2. The van der Waals surface area contributed by atoms with Crippen molar-refractivity contribution in [1.82, 2.24) is 10.3 Å². The number of rotatable bonds is 5. The molecule has 1 aromatic heterocycles. The van der Waals surface area contributed by atoms with Crippen LogP contribution in [0, 0.1) is 0 Å².